The Morgan fingerprint density at radius 2 is 2.29 bits per heavy atom. The van der Waals surface area contributed by atoms with Gasteiger partial charge in [0.25, 0.3) is 5.56 Å². The van der Waals surface area contributed by atoms with Crippen molar-refractivity contribution >= 4 is 0 Å². The van der Waals surface area contributed by atoms with Gasteiger partial charge in [0, 0.05) is 18.7 Å². The molecule has 1 aromatic heterocycles. The molecule has 0 radical (unpaired) electrons. The van der Waals surface area contributed by atoms with E-state index in [0.717, 1.165) is 31.4 Å². The summed E-state index contributed by atoms with van der Waals surface area (Å²) in [4.78, 5) is 11.6. The Morgan fingerprint density at radius 1 is 1.53 bits per heavy atom. The largest absolute Gasteiger partial charge is 0.314 e. The molecule has 17 heavy (non-hydrogen) atoms. The first-order valence-corrected chi connectivity index (χ1v) is 6.40. The van der Waals surface area contributed by atoms with Crippen molar-refractivity contribution in [3.8, 4) is 0 Å². The summed E-state index contributed by atoms with van der Waals surface area (Å²) < 4.78 is 1.54. The molecular weight excluding hydrogens is 214 g/mol. The molecule has 1 aromatic rings. The highest BCUT2D eigenvalue weighted by Gasteiger charge is 2.02. The number of nitrogens with one attached hydrogen (secondary N) is 1. The number of hydrogen-bond donors (Lipinski definition) is 1. The van der Waals surface area contributed by atoms with Crippen LogP contribution in [-0.2, 0) is 6.54 Å². The van der Waals surface area contributed by atoms with Crippen molar-refractivity contribution in [2.24, 2.45) is 0 Å². The number of nitrogens with zero attached hydrogens (tertiary/aromatic N) is 2. The van der Waals surface area contributed by atoms with Gasteiger partial charge in [-0.2, -0.15) is 5.10 Å². The molecule has 1 rings (SSSR count). The zero-order valence-corrected chi connectivity index (χ0v) is 11.1. The van der Waals surface area contributed by atoms with Gasteiger partial charge in [0.05, 0.1) is 6.20 Å². The van der Waals surface area contributed by atoms with Crippen LogP contribution in [0.1, 0.15) is 38.7 Å². The van der Waals surface area contributed by atoms with Crippen LogP contribution in [0.5, 0.6) is 0 Å². The quantitative estimate of drug-likeness (QED) is 0.785. The van der Waals surface area contributed by atoms with E-state index in [1.807, 2.05) is 6.92 Å². The molecule has 1 N–H and O–H groups in total. The van der Waals surface area contributed by atoms with Crippen LogP contribution in [-0.4, -0.2) is 22.4 Å². The summed E-state index contributed by atoms with van der Waals surface area (Å²) in [5.41, 5.74) is 0.920. The van der Waals surface area contributed by atoms with Crippen molar-refractivity contribution in [1.82, 2.24) is 15.1 Å². The molecule has 0 spiro atoms. The first-order valence-electron chi connectivity index (χ1n) is 6.40. The van der Waals surface area contributed by atoms with Crippen molar-refractivity contribution in [1.29, 1.82) is 0 Å². The molecule has 4 nitrogen and oxygen atoms in total. The molecule has 96 valence electrons. The summed E-state index contributed by atoms with van der Waals surface area (Å²) in [5, 5.41) is 7.56. The van der Waals surface area contributed by atoms with E-state index in [1.54, 1.807) is 16.9 Å². The zero-order valence-electron chi connectivity index (χ0n) is 11.1. The molecule has 0 fully saturated rings. The molecule has 4 heteroatoms. The first kappa shape index (κ1) is 13.9. The minimum absolute atomic E-state index is 0.000768. The fourth-order valence-corrected chi connectivity index (χ4v) is 1.73. The van der Waals surface area contributed by atoms with Crippen LogP contribution in [0.25, 0.3) is 0 Å². The van der Waals surface area contributed by atoms with Crippen LogP contribution >= 0.6 is 0 Å². The molecule has 1 heterocycles. The van der Waals surface area contributed by atoms with E-state index >= 15 is 0 Å². The molecule has 0 saturated heterocycles. The normalized spacial score (nSPS) is 12.6. The monoisotopic (exact) mass is 237 g/mol. The van der Waals surface area contributed by atoms with Crippen molar-refractivity contribution in [2.75, 3.05) is 6.54 Å². The van der Waals surface area contributed by atoms with E-state index in [2.05, 4.69) is 24.3 Å². The lowest BCUT2D eigenvalue weighted by atomic mass is 10.2. The molecule has 1 atom stereocenters. The fourth-order valence-electron chi connectivity index (χ4n) is 1.73. The molecule has 0 bridgehead atoms. The Bertz CT molecular complexity index is 386. The van der Waals surface area contributed by atoms with Gasteiger partial charge in [-0.3, -0.25) is 4.79 Å². The smallest absolute Gasteiger partial charge is 0.266 e. The lowest BCUT2D eigenvalue weighted by molar-refractivity contribution is 0.455. The highest BCUT2D eigenvalue weighted by atomic mass is 16.1. The minimum atomic E-state index is -0.000768. The van der Waals surface area contributed by atoms with Gasteiger partial charge in [0.1, 0.15) is 0 Å². The summed E-state index contributed by atoms with van der Waals surface area (Å²) in [6.45, 7) is 7.99. The molecule has 0 amide bonds. The van der Waals surface area contributed by atoms with E-state index in [-0.39, 0.29) is 5.56 Å². The average Bonchev–Trinajstić information content (AvgIpc) is 2.29. The maximum absolute atomic E-state index is 11.6. The van der Waals surface area contributed by atoms with E-state index in [9.17, 15) is 4.79 Å². The first-order chi connectivity index (χ1) is 8.13. The molecule has 1 unspecified atom stereocenters. The second kappa shape index (κ2) is 7.22. The van der Waals surface area contributed by atoms with Crippen LogP contribution in [0.2, 0.25) is 0 Å². The summed E-state index contributed by atoms with van der Waals surface area (Å²) in [5.74, 6) is 0. The molecule has 0 saturated carbocycles. The predicted octanol–water partition coefficient (Wildman–Crippen LogP) is 1.72. The Labute approximate surface area is 103 Å². The van der Waals surface area contributed by atoms with Gasteiger partial charge >= 0.3 is 0 Å². The molecule has 0 aliphatic carbocycles. The van der Waals surface area contributed by atoms with Gasteiger partial charge in [0.2, 0.25) is 0 Å². The second-order valence-corrected chi connectivity index (χ2v) is 4.59. The van der Waals surface area contributed by atoms with Crippen LogP contribution in [0.3, 0.4) is 0 Å². The third kappa shape index (κ3) is 5.13. The van der Waals surface area contributed by atoms with Gasteiger partial charge in [0.15, 0.2) is 0 Å². The van der Waals surface area contributed by atoms with E-state index in [0.29, 0.717) is 12.6 Å². The number of rotatable bonds is 7. The lowest BCUT2D eigenvalue weighted by Crippen LogP contribution is -2.28. The third-order valence-corrected chi connectivity index (χ3v) is 2.76. The van der Waals surface area contributed by atoms with Gasteiger partial charge in [-0.05, 0) is 45.2 Å². The highest BCUT2D eigenvalue weighted by Crippen LogP contribution is 1.98. The van der Waals surface area contributed by atoms with Crippen molar-refractivity contribution < 1.29 is 0 Å². The van der Waals surface area contributed by atoms with Gasteiger partial charge in [-0.1, -0.05) is 6.92 Å². The summed E-state index contributed by atoms with van der Waals surface area (Å²) in [6.07, 6.45) is 4.94. The van der Waals surface area contributed by atoms with Gasteiger partial charge < -0.3 is 5.32 Å². The van der Waals surface area contributed by atoms with Crippen LogP contribution in [0.4, 0.5) is 0 Å². The topological polar surface area (TPSA) is 46.9 Å². The minimum Gasteiger partial charge on any atom is -0.314 e. The number of aryl methyl sites for hydroxylation is 2. The SMILES string of the molecule is CCCNC(C)CCCn1ncc(C)cc1=O. The summed E-state index contributed by atoms with van der Waals surface area (Å²) in [6, 6.07) is 2.14. The van der Waals surface area contributed by atoms with Crippen LogP contribution in [0.15, 0.2) is 17.1 Å². The van der Waals surface area contributed by atoms with Crippen molar-refractivity contribution in [3.05, 3.63) is 28.2 Å². The van der Waals surface area contributed by atoms with E-state index in [4.69, 9.17) is 0 Å². The Morgan fingerprint density at radius 3 is 2.94 bits per heavy atom. The summed E-state index contributed by atoms with van der Waals surface area (Å²) >= 11 is 0. The van der Waals surface area contributed by atoms with Gasteiger partial charge in [-0.15, -0.1) is 0 Å². The van der Waals surface area contributed by atoms with E-state index < -0.39 is 0 Å². The van der Waals surface area contributed by atoms with E-state index in [1.165, 1.54) is 0 Å². The lowest BCUT2D eigenvalue weighted by Gasteiger charge is -2.12. The number of hydrogen-bond acceptors (Lipinski definition) is 3. The van der Waals surface area contributed by atoms with Gasteiger partial charge in [-0.25, -0.2) is 4.68 Å². The maximum atomic E-state index is 11.6. The van der Waals surface area contributed by atoms with Crippen LogP contribution in [0, 0.1) is 6.92 Å². The fraction of sp³-hybridized carbons (Fsp3) is 0.692. The maximum Gasteiger partial charge on any atom is 0.266 e. The molecule has 0 aliphatic heterocycles. The second-order valence-electron chi connectivity index (χ2n) is 4.59. The molecular formula is C13H23N3O. The Balaban J connectivity index is 2.33. The zero-order chi connectivity index (χ0) is 12.7. The van der Waals surface area contributed by atoms with Crippen molar-refractivity contribution in [2.45, 2.75) is 52.6 Å². The van der Waals surface area contributed by atoms with Crippen molar-refractivity contribution in [3.63, 3.8) is 0 Å². The third-order valence-electron chi connectivity index (χ3n) is 2.76. The summed E-state index contributed by atoms with van der Waals surface area (Å²) in [7, 11) is 0. The Kier molecular flexibility index (Phi) is 5.91. The van der Waals surface area contributed by atoms with Crippen LogP contribution < -0.4 is 10.9 Å². The molecule has 0 aliphatic rings. The Hall–Kier alpha value is -1.16. The number of aromatic nitrogens is 2. The standard InChI is InChI=1S/C13H23N3O/c1-4-7-14-12(3)6-5-8-16-13(17)9-11(2)10-15-16/h9-10,12,14H,4-8H2,1-3H3. The molecule has 0 aromatic carbocycles. The average molecular weight is 237 g/mol. The highest BCUT2D eigenvalue weighted by molar-refractivity contribution is 5.02. The predicted molar refractivity (Wildman–Crippen MR) is 70.2 cm³/mol.